The Morgan fingerprint density at radius 1 is 1.57 bits per heavy atom. The van der Waals surface area contributed by atoms with E-state index in [1.54, 1.807) is 6.92 Å². The molecule has 0 bridgehead atoms. The predicted molar refractivity (Wildman–Crippen MR) is 81.9 cm³/mol. The van der Waals surface area contributed by atoms with Crippen molar-refractivity contribution in [2.24, 2.45) is 11.1 Å². The van der Waals surface area contributed by atoms with E-state index in [-0.39, 0.29) is 33.4 Å². The van der Waals surface area contributed by atoms with Crippen LogP contribution in [0.2, 0.25) is 5.02 Å². The molecular formula is C13H16BrClF2N2O2. The third kappa shape index (κ3) is 4.52. The molecule has 1 aromatic rings. The van der Waals surface area contributed by atoms with Crippen LogP contribution in [-0.4, -0.2) is 19.1 Å². The Bertz CT molecular complexity index is 525. The van der Waals surface area contributed by atoms with E-state index in [0.29, 0.717) is 6.42 Å². The van der Waals surface area contributed by atoms with Crippen LogP contribution in [0.3, 0.4) is 0 Å². The SMILES string of the molecule is CCC(C)(CN)C(=O)Nc1cc(Cl)cc(Br)c1OC(F)F. The van der Waals surface area contributed by atoms with Crippen molar-refractivity contribution in [1.29, 1.82) is 0 Å². The molecule has 0 heterocycles. The number of rotatable bonds is 6. The molecule has 0 saturated carbocycles. The van der Waals surface area contributed by atoms with Crippen LogP contribution in [0.5, 0.6) is 5.75 Å². The van der Waals surface area contributed by atoms with Gasteiger partial charge in [0.15, 0.2) is 5.75 Å². The Hall–Kier alpha value is -0.920. The second-order valence-corrected chi connectivity index (χ2v) is 6.01. The summed E-state index contributed by atoms with van der Waals surface area (Å²) < 4.78 is 29.6. The number of nitrogens with two attached hydrogens (primary N) is 1. The first kappa shape index (κ1) is 18.1. The highest BCUT2D eigenvalue weighted by Gasteiger charge is 2.30. The maximum atomic E-state index is 12.5. The van der Waals surface area contributed by atoms with Crippen molar-refractivity contribution < 1.29 is 18.3 Å². The molecule has 0 aliphatic carbocycles. The number of ether oxygens (including phenoxy) is 1. The van der Waals surface area contributed by atoms with Crippen molar-refractivity contribution >= 4 is 39.1 Å². The molecule has 0 radical (unpaired) electrons. The number of hydrogen-bond acceptors (Lipinski definition) is 3. The molecule has 0 aromatic heterocycles. The smallest absolute Gasteiger partial charge is 0.387 e. The molecule has 118 valence electrons. The van der Waals surface area contributed by atoms with E-state index in [4.69, 9.17) is 17.3 Å². The van der Waals surface area contributed by atoms with Gasteiger partial charge in [-0.3, -0.25) is 4.79 Å². The van der Waals surface area contributed by atoms with E-state index < -0.39 is 12.0 Å². The number of anilines is 1. The van der Waals surface area contributed by atoms with Gasteiger partial charge in [0.05, 0.1) is 15.6 Å². The lowest BCUT2D eigenvalue weighted by molar-refractivity contribution is -0.124. The number of hydrogen-bond donors (Lipinski definition) is 2. The van der Waals surface area contributed by atoms with Gasteiger partial charge in [-0.25, -0.2) is 0 Å². The third-order valence-corrected chi connectivity index (χ3v) is 4.05. The van der Waals surface area contributed by atoms with Crippen LogP contribution in [-0.2, 0) is 4.79 Å². The van der Waals surface area contributed by atoms with Gasteiger partial charge >= 0.3 is 6.61 Å². The normalized spacial score (nSPS) is 13.9. The van der Waals surface area contributed by atoms with Crippen LogP contribution < -0.4 is 15.8 Å². The minimum atomic E-state index is -3.02. The zero-order chi connectivity index (χ0) is 16.2. The molecule has 1 atom stereocenters. The fourth-order valence-corrected chi connectivity index (χ4v) is 2.44. The average molecular weight is 386 g/mol. The minimum Gasteiger partial charge on any atom is -0.431 e. The van der Waals surface area contributed by atoms with Crippen LogP contribution in [0.4, 0.5) is 14.5 Å². The molecule has 1 aromatic carbocycles. The summed E-state index contributed by atoms with van der Waals surface area (Å²) in [5.41, 5.74) is 4.86. The Morgan fingerprint density at radius 2 is 2.19 bits per heavy atom. The van der Waals surface area contributed by atoms with Gasteiger partial charge in [0.1, 0.15) is 0 Å². The number of carbonyl (C=O) groups is 1. The summed E-state index contributed by atoms with van der Waals surface area (Å²) in [5.74, 6) is -0.570. The molecule has 1 unspecified atom stereocenters. The zero-order valence-corrected chi connectivity index (χ0v) is 13.9. The molecule has 0 aliphatic rings. The third-order valence-electron chi connectivity index (χ3n) is 3.24. The quantitative estimate of drug-likeness (QED) is 0.777. The molecule has 3 N–H and O–H groups in total. The molecule has 0 spiro atoms. The number of carbonyl (C=O) groups excluding carboxylic acids is 1. The largest absolute Gasteiger partial charge is 0.431 e. The van der Waals surface area contributed by atoms with Crippen LogP contribution in [0, 0.1) is 5.41 Å². The van der Waals surface area contributed by atoms with E-state index in [1.165, 1.54) is 12.1 Å². The first-order valence-corrected chi connectivity index (χ1v) is 7.36. The maximum absolute atomic E-state index is 12.5. The number of benzene rings is 1. The van der Waals surface area contributed by atoms with Gasteiger partial charge in [-0.15, -0.1) is 0 Å². The highest BCUT2D eigenvalue weighted by Crippen LogP contribution is 2.38. The average Bonchev–Trinajstić information content (AvgIpc) is 2.41. The monoisotopic (exact) mass is 384 g/mol. The molecule has 1 rings (SSSR count). The van der Waals surface area contributed by atoms with E-state index in [1.807, 2.05) is 6.92 Å². The fraction of sp³-hybridized carbons (Fsp3) is 0.462. The topological polar surface area (TPSA) is 64.4 Å². The zero-order valence-electron chi connectivity index (χ0n) is 11.6. The van der Waals surface area contributed by atoms with Crippen LogP contribution in [0.15, 0.2) is 16.6 Å². The Balaban J connectivity index is 3.15. The fourth-order valence-electron chi connectivity index (χ4n) is 1.53. The lowest BCUT2D eigenvalue weighted by Crippen LogP contribution is -2.39. The highest BCUT2D eigenvalue weighted by molar-refractivity contribution is 9.10. The van der Waals surface area contributed by atoms with Crippen molar-refractivity contribution in [2.45, 2.75) is 26.9 Å². The van der Waals surface area contributed by atoms with Crippen molar-refractivity contribution in [3.05, 3.63) is 21.6 Å². The molecule has 0 saturated heterocycles. The van der Waals surface area contributed by atoms with Crippen molar-refractivity contribution in [1.82, 2.24) is 0 Å². The van der Waals surface area contributed by atoms with Gasteiger partial charge in [0, 0.05) is 11.6 Å². The molecular weight excluding hydrogens is 370 g/mol. The van der Waals surface area contributed by atoms with E-state index in [9.17, 15) is 13.6 Å². The number of halogens is 4. The number of nitrogens with one attached hydrogen (secondary N) is 1. The summed E-state index contributed by atoms with van der Waals surface area (Å²) >= 11 is 8.96. The molecule has 4 nitrogen and oxygen atoms in total. The molecule has 8 heteroatoms. The second kappa shape index (κ2) is 7.38. The van der Waals surface area contributed by atoms with Crippen molar-refractivity contribution in [3.8, 4) is 5.75 Å². The minimum absolute atomic E-state index is 0.0628. The standard InChI is InChI=1S/C13H16BrClF2N2O2/c1-3-13(2,6-18)11(20)19-9-5-7(15)4-8(14)10(9)21-12(16)17/h4-5,12H,3,6,18H2,1-2H3,(H,19,20). The summed E-state index contributed by atoms with van der Waals surface area (Å²) in [6.07, 6.45) is 0.502. The maximum Gasteiger partial charge on any atom is 0.387 e. The summed E-state index contributed by atoms with van der Waals surface area (Å²) in [6, 6.07) is 2.74. The van der Waals surface area contributed by atoms with Crippen LogP contribution in [0.25, 0.3) is 0 Å². The van der Waals surface area contributed by atoms with Gasteiger partial charge in [0.2, 0.25) is 5.91 Å². The Morgan fingerprint density at radius 3 is 2.67 bits per heavy atom. The lowest BCUT2D eigenvalue weighted by Gasteiger charge is -2.25. The van der Waals surface area contributed by atoms with Gasteiger partial charge in [-0.05, 0) is 41.4 Å². The number of amides is 1. The number of alkyl halides is 2. The van der Waals surface area contributed by atoms with Gasteiger partial charge in [-0.1, -0.05) is 18.5 Å². The van der Waals surface area contributed by atoms with Crippen LogP contribution >= 0.6 is 27.5 Å². The van der Waals surface area contributed by atoms with E-state index in [0.717, 1.165) is 0 Å². The first-order chi connectivity index (χ1) is 9.73. The Labute approximate surface area is 135 Å². The molecule has 21 heavy (non-hydrogen) atoms. The molecule has 1 amide bonds. The van der Waals surface area contributed by atoms with Gasteiger partial charge in [-0.2, -0.15) is 8.78 Å². The second-order valence-electron chi connectivity index (χ2n) is 4.72. The van der Waals surface area contributed by atoms with Crippen LogP contribution in [0.1, 0.15) is 20.3 Å². The highest BCUT2D eigenvalue weighted by atomic mass is 79.9. The molecule has 0 fully saturated rings. The summed E-state index contributed by atoms with van der Waals surface area (Å²) in [4.78, 5) is 12.3. The van der Waals surface area contributed by atoms with Gasteiger partial charge in [0.25, 0.3) is 0 Å². The lowest BCUT2D eigenvalue weighted by atomic mass is 9.86. The summed E-state index contributed by atoms with van der Waals surface area (Å²) in [5, 5.41) is 2.82. The van der Waals surface area contributed by atoms with E-state index >= 15 is 0 Å². The van der Waals surface area contributed by atoms with Crippen molar-refractivity contribution in [3.63, 3.8) is 0 Å². The Kier molecular flexibility index (Phi) is 6.37. The molecule has 0 aliphatic heterocycles. The predicted octanol–water partition coefficient (Wildman–Crippen LogP) is 4.02. The first-order valence-electron chi connectivity index (χ1n) is 6.19. The summed E-state index contributed by atoms with van der Waals surface area (Å²) in [6.45, 7) is 0.611. The summed E-state index contributed by atoms with van der Waals surface area (Å²) in [7, 11) is 0. The van der Waals surface area contributed by atoms with Crippen molar-refractivity contribution in [2.75, 3.05) is 11.9 Å². The van der Waals surface area contributed by atoms with E-state index in [2.05, 4.69) is 26.0 Å². The van der Waals surface area contributed by atoms with Gasteiger partial charge < -0.3 is 15.8 Å².